The molecule has 5 rings (SSSR count). The molecule has 0 radical (unpaired) electrons. The molecule has 4 bridgehead atoms. The van der Waals surface area contributed by atoms with E-state index in [0.717, 1.165) is 19.3 Å². The van der Waals surface area contributed by atoms with Crippen molar-refractivity contribution in [3.63, 3.8) is 0 Å². The molecule has 130 valence electrons. The molecule has 0 spiro atoms. The monoisotopic (exact) mass is 412 g/mol. The van der Waals surface area contributed by atoms with Crippen LogP contribution in [0.3, 0.4) is 0 Å². The Balaban J connectivity index is 1.41. The third-order valence-electron chi connectivity index (χ3n) is 5.61. The van der Waals surface area contributed by atoms with Gasteiger partial charge >= 0.3 is 5.97 Å². The van der Waals surface area contributed by atoms with Crippen LogP contribution >= 0.6 is 27.3 Å². The zero-order valence-electron chi connectivity index (χ0n) is 13.6. The average Bonchev–Trinajstić information content (AvgIpc) is 2.88. The predicted molar refractivity (Wildman–Crippen MR) is 95.0 cm³/mol. The summed E-state index contributed by atoms with van der Waals surface area (Å²) in [6, 6.07) is 0. The van der Waals surface area contributed by atoms with Crippen molar-refractivity contribution in [2.75, 3.05) is 5.32 Å². The van der Waals surface area contributed by atoms with Crippen molar-refractivity contribution >= 4 is 44.3 Å². The van der Waals surface area contributed by atoms with E-state index in [9.17, 15) is 9.59 Å². The maximum atomic E-state index is 12.9. The van der Waals surface area contributed by atoms with E-state index in [4.69, 9.17) is 4.74 Å². The van der Waals surface area contributed by atoms with Crippen molar-refractivity contribution in [2.45, 2.75) is 56.4 Å². The summed E-state index contributed by atoms with van der Waals surface area (Å²) in [4.78, 5) is 28.2. The fraction of sp³-hybridized carbons (Fsp3) is 0.706. The van der Waals surface area contributed by atoms with Gasteiger partial charge in [-0.2, -0.15) is 0 Å². The Morgan fingerprint density at radius 3 is 2.71 bits per heavy atom. The van der Waals surface area contributed by atoms with Gasteiger partial charge in [0, 0.05) is 16.6 Å². The molecule has 4 aliphatic rings. The molecule has 0 aromatic carbocycles. The first-order chi connectivity index (χ1) is 11.4. The summed E-state index contributed by atoms with van der Waals surface area (Å²) in [5, 5.41) is 5.02. The number of carbonyl (C=O) groups is 2. The molecule has 1 aromatic heterocycles. The first-order valence-corrected chi connectivity index (χ1v) is 10.1. The molecule has 4 fully saturated rings. The molecule has 5 nitrogen and oxygen atoms in total. The molecule has 2 atom stereocenters. The highest BCUT2D eigenvalue weighted by molar-refractivity contribution is 9.10. The molecule has 1 aromatic rings. The number of anilines is 1. The molecule has 4 aliphatic carbocycles. The second-order valence-electron chi connectivity index (χ2n) is 7.79. The van der Waals surface area contributed by atoms with Crippen LogP contribution in [-0.2, 0) is 20.9 Å². The Morgan fingerprint density at radius 1 is 1.38 bits per heavy atom. The van der Waals surface area contributed by atoms with Crippen LogP contribution < -0.4 is 5.32 Å². The molecule has 4 saturated carbocycles. The molecule has 0 saturated heterocycles. The van der Waals surface area contributed by atoms with Gasteiger partial charge in [-0.25, -0.2) is 4.98 Å². The number of ether oxygens (including phenoxy) is 1. The van der Waals surface area contributed by atoms with E-state index in [2.05, 4.69) is 26.2 Å². The number of nitrogens with one attached hydrogen (secondary N) is 1. The van der Waals surface area contributed by atoms with E-state index in [-0.39, 0.29) is 28.2 Å². The molecule has 0 aliphatic heterocycles. The summed E-state index contributed by atoms with van der Waals surface area (Å²) in [6.07, 6.45) is 6.53. The number of nitrogens with zero attached hydrogens (tertiary/aromatic N) is 1. The van der Waals surface area contributed by atoms with Crippen molar-refractivity contribution in [3.05, 3.63) is 11.1 Å². The highest BCUT2D eigenvalue weighted by atomic mass is 79.9. The van der Waals surface area contributed by atoms with Crippen LogP contribution in [0, 0.1) is 17.3 Å². The van der Waals surface area contributed by atoms with E-state index in [1.54, 1.807) is 0 Å². The van der Waals surface area contributed by atoms with Crippen LogP contribution in [0.25, 0.3) is 0 Å². The molecular formula is C17H21BrN2O3S. The fourth-order valence-corrected chi connectivity index (χ4v) is 7.46. The molecule has 1 heterocycles. The van der Waals surface area contributed by atoms with E-state index in [1.807, 2.05) is 5.38 Å². The number of carbonyl (C=O) groups excluding carboxylic acids is 2. The summed E-state index contributed by atoms with van der Waals surface area (Å²) in [5.41, 5.74) is 0.389. The van der Waals surface area contributed by atoms with Gasteiger partial charge in [-0.15, -0.1) is 11.3 Å². The number of amides is 1. The van der Waals surface area contributed by atoms with Crippen LogP contribution in [0.5, 0.6) is 0 Å². The van der Waals surface area contributed by atoms with Gasteiger partial charge in [-0.1, -0.05) is 15.9 Å². The topological polar surface area (TPSA) is 68.3 Å². The van der Waals surface area contributed by atoms with Gasteiger partial charge < -0.3 is 10.1 Å². The molecule has 24 heavy (non-hydrogen) atoms. The quantitative estimate of drug-likeness (QED) is 0.601. The zero-order chi connectivity index (χ0) is 16.9. The number of esters is 1. The normalized spacial score (nSPS) is 36.6. The summed E-state index contributed by atoms with van der Waals surface area (Å²) in [5.74, 6) is 1.10. The molecular weight excluding hydrogens is 392 g/mol. The summed E-state index contributed by atoms with van der Waals surface area (Å²) in [6.45, 7) is 1.63. The second-order valence-corrected chi connectivity index (χ2v) is 10.3. The molecule has 1 amide bonds. The Morgan fingerprint density at radius 2 is 2.08 bits per heavy atom. The van der Waals surface area contributed by atoms with Crippen LogP contribution in [0.4, 0.5) is 5.13 Å². The maximum absolute atomic E-state index is 12.9. The first-order valence-electron chi connectivity index (χ1n) is 8.44. The predicted octanol–water partition coefficient (Wildman–Crippen LogP) is 3.88. The highest BCUT2D eigenvalue weighted by Gasteiger charge is 2.60. The number of aromatic nitrogens is 1. The van der Waals surface area contributed by atoms with E-state index < -0.39 is 0 Å². The SMILES string of the molecule is CC(=O)Nc1nc(COC(=O)C23CC4CC(CC(Br)(C4)C2)C3)cs1. The lowest BCUT2D eigenvalue weighted by Gasteiger charge is -2.58. The van der Waals surface area contributed by atoms with E-state index in [0.29, 0.717) is 22.7 Å². The van der Waals surface area contributed by atoms with Gasteiger partial charge in [0.15, 0.2) is 5.13 Å². The zero-order valence-corrected chi connectivity index (χ0v) is 16.0. The minimum Gasteiger partial charge on any atom is -0.459 e. The van der Waals surface area contributed by atoms with Crippen molar-refractivity contribution in [1.29, 1.82) is 0 Å². The Hall–Kier alpha value is -0.950. The van der Waals surface area contributed by atoms with Gasteiger partial charge in [0.25, 0.3) is 0 Å². The van der Waals surface area contributed by atoms with Crippen LogP contribution in [0.2, 0.25) is 0 Å². The number of hydrogen-bond acceptors (Lipinski definition) is 5. The number of hydrogen-bond donors (Lipinski definition) is 1. The largest absolute Gasteiger partial charge is 0.459 e. The second kappa shape index (κ2) is 5.80. The number of thiazole rings is 1. The van der Waals surface area contributed by atoms with Crippen molar-refractivity contribution < 1.29 is 14.3 Å². The minimum absolute atomic E-state index is 0.0606. The first kappa shape index (κ1) is 16.5. The molecule has 2 unspecified atom stereocenters. The third kappa shape index (κ3) is 3.01. The number of alkyl halides is 1. The maximum Gasteiger partial charge on any atom is 0.312 e. The molecule has 7 heteroatoms. The highest BCUT2D eigenvalue weighted by Crippen LogP contribution is 2.64. The van der Waals surface area contributed by atoms with E-state index in [1.165, 1.54) is 37.5 Å². The van der Waals surface area contributed by atoms with Gasteiger partial charge in [0.05, 0.1) is 11.1 Å². The Labute approximate surface area is 153 Å². The Bertz CT molecular complexity index is 675. The number of halogens is 1. The standard InChI is InChI=1S/C17H21BrN2O3S/c1-10(21)19-15-20-13(8-24-15)7-23-14(22)16-3-11-2-12(4-16)6-17(18,5-11)9-16/h8,11-12H,2-7,9H2,1H3,(H,19,20,21). The van der Waals surface area contributed by atoms with Crippen LogP contribution in [-0.4, -0.2) is 21.2 Å². The van der Waals surface area contributed by atoms with Gasteiger partial charge in [-0.05, 0) is 50.4 Å². The summed E-state index contributed by atoms with van der Waals surface area (Å²) < 4.78 is 5.80. The van der Waals surface area contributed by atoms with Gasteiger partial charge in [0.2, 0.25) is 5.91 Å². The lowest BCUT2D eigenvalue weighted by molar-refractivity contribution is -0.171. The van der Waals surface area contributed by atoms with Gasteiger partial charge in [-0.3, -0.25) is 9.59 Å². The minimum atomic E-state index is -0.302. The average molecular weight is 413 g/mol. The molecule has 1 N–H and O–H groups in total. The number of rotatable bonds is 4. The Kier molecular flexibility index (Phi) is 3.99. The van der Waals surface area contributed by atoms with Gasteiger partial charge in [0.1, 0.15) is 6.61 Å². The summed E-state index contributed by atoms with van der Waals surface area (Å²) in [7, 11) is 0. The van der Waals surface area contributed by atoms with Crippen molar-refractivity contribution in [1.82, 2.24) is 4.98 Å². The van der Waals surface area contributed by atoms with E-state index >= 15 is 0 Å². The van der Waals surface area contributed by atoms with Crippen molar-refractivity contribution in [2.24, 2.45) is 17.3 Å². The lowest BCUT2D eigenvalue weighted by atomic mass is 9.49. The lowest BCUT2D eigenvalue weighted by Crippen LogP contribution is -2.56. The third-order valence-corrected chi connectivity index (χ3v) is 7.34. The van der Waals surface area contributed by atoms with Crippen LogP contribution in [0.1, 0.15) is 51.1 Å². The summed E-state index contributed by atoms with van der Waals surface area (Å²) >= 11 is 5.27. The fourth-order valence-electron chi connectivity index (χ4n) is 5.26. The smallest absolute Gasteiger partial charge is 0.312 e. The van der Waals surface area contributed by atoms with Crippen LogP contribution in [0.15, 0.2) is 5.38 Å². The van der Waals surface area contributed by atoms with Crippen molar-refractivity contribution in [3.8, 4) is 0 Å².